The van der Waals surface area contributed by atoms with E-state index in [1.54, 1.807) is 0 Å². The number of rotatable bonds is 7. The summed E-state index contributed by atoms with van der Waals surface area (Å²) in [5, 5.41) is 2.96. The summed E-state index contributed by atoms with van der Waals surface area (Å²) in [6.45, 7) is -1.95. The smallest absolute Gasteiger partial charge is 0.00278 e. The maximum absolute atomic E-state index is 2.50. The zero-order chi connectivity index (χ0) is 25.6. The molecule has 0 saturated heterocycles. The van der Waals surface area contributed by atoms with Crippen LogP contribution in [0.3, 0.4) is 0 Å². The summed E-state index contributed by atoms with van der Waals surface area (Å²) in [6.07, 6.45) is 7.03. The second kappa shape index (κ2) is 11.1. The lowest BCUT2D eigenvalue weighted by atomic mass is 10.0. The highest BCUT2D eigenvalue weighted by Crippen LogP contribution is 2.68. The summed E-state index contributed by atoms with van der Waals surface area (Å²) in [5.74, 6) is 0. The van der Waals surface area contributed by atoms with Gasteiger partial charge in [0.2, 0.25) is 0 Å². The van der Waals surface area contributed by atoms with Gasteiger partial charge in [0.15, 0.2) is 0 Å². The Morgan fingerprint density at radius 3 is 1.24 bits per heavy atom. The van der Waals surface area contributed by atoms with Gasteiger partial charge in [-0.3, -0.25) is 0 Å². The Morgan fingerprint density at radius 1 is 0.368 bits per heavy atom. The standard InChI is InChI=1S/C37H31P/c1-6-16-30(17-7-1)28-38(29-31-18-8-2-9-19-31)36(33-22-12-4-13-23-33)26-35(32-20-10-3-11-21-32)27-37(38)34-24-14-5-15-25-34/h1-27H,28-29H2. The van der Waals surface area contributed by atoms with Gasteiger partial charge in [-0.2, -0.15) is 0 Å². The van der Waals surface area contributed by atoms with E-state index < -0.39 is 6.89 Å². The molecule has 0 N–H and O–H groups in total. The first-order valence-electron chi connectivity index (χ1n) is 13.2. The molecule has 0 radical (unpaired) electrons. The van der Waals surface area contributed by atoms with Crippen molar-refractivity contribution < 1.29 is 0 Å². The van der Waals surface area contributed by atoms with Crippen molar-refractivity contribution in [1.29, 1.82) is 0 Å². The Hall–Kier alpha value is -4.12. The quantitative estimate of drug-likeness (QED) is 0.193. The highest BCUT2D eigenvalue weighted by Gasteiger charge is 2.32. The second-order valence-corrected chi connectivity index (χ2v) is 13.4. The highest BCUT2D eigenvalue weighted by molar-refractivity contribution is 7.84. The van der Waals surface area contributed by atoms with Crippen molar-refractivity contribution in [2.45, 2.75) is 12.3 Å². The van der Waals surface area contributed by atoms with Gasteiger partial charge in [-0.15, -0.1) is 0 Å². The SMILES string of the molecule is C1=C(c2ccccc2)C=C(c2ccccc2)P(Cc2ccccc2)(Cc2ccccc2)=C1c1ccccc1. The lowest BCUT2D eigenvalue weighted by Crippen LogP contribution is -2.12. The molecule has 0 aliphatic carbocycles. The van der Waals surface area contributed by atoms with Crippen LogP contribution in [0.25, 0.3) is 10.9 Å². The van der Waals surface area contributed by atoms with Crippen molar-refractivity contribution in [3.8, 4) is 0 Å². The van der Waals surface area contributed by atoms with E-state index in [0.29, 0.717) is 0 Å². The molecule has 0 saturated carbocycles. The summed E-state index contributed by atoms with van der Waals surface area (Å²) in [5.41, 5.74) is 7.96. The summed E-state index contributed by atoms with van der Waals surface area (Å²) in [6, 6.07) is 55.1. The zero-order valence-electron chi connectivity index (χ0n) is 21.4. The molecule has 184 valence electrons. The molecule has 1 heteroatoms. The fourth-order valence-corrected chi connectivity index (χ4v) is 10.4. The van der Waals surface area contributed by atoms with E-state index in [1.807, 2.05) is 0 Å². The van der Waals surface area contributed by atoms with Crippen LogP contribution >= 0.6 is 6.89 Å². The van der Waals surface area contributed by atoms with Crippen LogP contribution in [0.5, 0.6) is 0 Å². The summed E-state index contributed by atoms with van der Waals surface area (Å²) in [4.78, 5) is 0. The average molecular weight is 507 g/mol. The fourth-order valence-electron chi connectivity index (χ4n) is 5.58. The van der Waals surface area contributed by atoms with Gasteiger partial charge in [-0.1, -0.05) is 159 Å². The Morgan fingerprint density at radius 2 is 0.763 bits per heavy atom. The van der Waals surface area contributed by atoms with E-state index in [9.17, 15) is 0 Å². The van der Waals surface area contributed by atoms with Gasteiger partial charge in [0.25, 0.3) is 0 Å². The molecule has 38 heavy (non-hydrogen) atoms. The Bertz CT molecular complexity index is 1560. The fraction of sp³-hybridized carbons (Fsp3) is 0.0541. The second-order valence-electron chi connectivity index (χ2n) is 9.87. The van der Waals surface area contributed by atoms with Gasteiger partial charge in [-0.25, -0.2) is 0 Å². The molecule has 1 aliphatic heterocycles. The monoisotopic (exact) mass is 506 g/mol. The minimum absolute atomic E-state index is 1.02. The van der Waals surface area contributed by atoms with Crippen LogP contribution in [0.1, 0.15) is 27.8 Å². The Balaban J connectivity index is 1.72. The topological polar surface area (TPSA) is 0 Å². The first kappa shape index (κ1) is 24.2. The van der Waals surface area contributed by atoms with Crippen molar-refractivity contribution >= 4 is 23.1 Å². The molecule has 6 rings (SSSR count). The molecular formula is C37H31P. The minimum Gasteiger partial charge on any atom is -0.0622 e. The van der Waals surface area contributed by atoms with Crippen LogP contribution in [0.15, 0.2) is 164 Å². The Labute approximate surface area is 226 Å². The molecule has 0 aromatic heterocycles. The maximum Gasteiger partial charge on any atom is -0.00278 e. The summed E-state index contributed by atoms with van der Waals surface area (Å²) >= 11 is 0. The zero-order valence-corrected chi connectivity index (χ0v) is 22.3. The van der Waals surface area contributed by atoms with Crippen molar-refractivity contribution in [3.05, 3.63) is 192 Å². The molecule has 5 aromatic rings. The van der Waals surface area contributed by atoms with E-state index in [0.717, 1.165) is 12.3 Å². The number of allylic oxidation sites excluding steroid dienone is 3. The van der Waals surface area contributed by atoms with E-state index >= 15 is 0 Å². The van der Waals surface area contributed by atoms with Crippen LogP contribution in [0.2, 0.25) is 0 Å². The van der Waals surface area contributed by atoms with Gasteiger partial charge in [-0.05, 0) is 68.5 Å². The van der Waals surface area contributed by atoms with Crippen molar-refractivity contribution in [2.75, 3.05) is 0 Å². The third-order valence-electron chi connectivity index (χ3n) is 7.34. The van der Waals surface area contributed by atoms with Crippen LogP contribution in [0.4, 0.5) is 0 Å². The molecule has 1 aliphatic rings. The van der Waals surface area contributed by atoms with E-state index in [-0.39, 0.29) is 0 Å². The Kier molecular flexibility index (Phi) is 7.07. The molecule has 0 bridgehead atoms. The van der Waals surface area contributed by atoms with E-state index in [1.165, 1.54) is 44.0 Å². The van der Waals surface area contributed by atoms with Crippen LogP contribution in [0, 0.1) is 0 Å². The van der Waals surface area contributed by atoms with Gasteiger partial charge >= 0.3 is 0 Å². The largest absolute Gasteiger partial charge is 0.0622 e. The molecule has 1 heterocycles. The van der Waals surface area contributed by atoms with Crippen LogP contribution < -0.4 is 0 Å². The van der Waals surface area contributed by atoms with Crippen molar-refractivity contribution in [1.82, 2.24) is 0 Å². The van der Waals surface area contributed by atoms with Crippen molar-refractivity contribution in [2.24, 2.45) is 0 Å². The number of hydrogen-bond donors (Lipinski definition) is 0. The molecule has 0 unspecified atom stereocenters. The van der Waals surface area contributed by atoms with Crippen LogP contribution in [-0.2, 0) is 12.3 Å². The van der Waals surface area contributed by atoms with Crippen LogP contribution in [-0.4, -0.2) is 5.29 Å². The van der Waals surface area contributed by atoms with Gasteiger partial charge < -0.3 is 0 Å². The van der Waals surface area contributed by atoms with Gasteiger partial charge in [0.1, 0.15) is 0 Å². The number of benzene rings is 5. The van der Waals surface area contributed by atoms with Gasteiger partial charge in [0.05, 0.1) is 0 Å². The summed E-state index contributed by atoms with van der Waals surface area (Å²) in [7, 11) is 0. The predicted octanol–water partition coefficient (Wildman–Crippen LogP) is 9.76. The molecular weight excluding hydrogens is 475 g/mol. The molecule has 5 aromatic carbocycles. The average Bonchev–Trinajstić information content (AvgIpc) is 2.99. The number of hydrogen-bond acceptors (Lipinski definition) is 0. The molecule has 0 fully saturated rings. The summed E-state index contributed by atoms with van der Waals surface area (Å²) < 4.78 is 0. The van der Waals surface area contributed by atoms with Crippen molar-refractivity contribution in [3.63, 3.8) is 0 Å². The maximum atomic E-state index is 2.50. The lowest BCUT2D eigenvalue weighted by Gasteiger charge is -2.37. The normalized spacial score (nSPS) is 14.5. The predicted molar refractivity (Wildman–Crippen MR) is 167 cm³/mol. The van der Waals surface area contributed by atoms with E-state index in [2.05, 4.69) is 164 Å². The minimum atomic E-state index is -1.95. The molecule has 0 nitrogen and oxygen atoms in total. The lowest BCUT2D eigenvalue weighted by molar-refractivity contribution is 1.32. The molecule has 0 amide bonds. The third kappa shape index (κ3) is 5.01. The highest BCUT2D eigenvalue weighted by atomic mass is 31.2. The van der Waals surface area contributed by atoms with E-state index in [4.69, 9.17) is 0 Å². The first-order valence-corrected chi connectivity index (χ1v) is 15.4. The first-order chi connectivity index (χ1) is 18.8. The third-order valence-corrected chi connectivity index (χ3v) is 11.8. The molecule has 0 atom stereocenters. The molecule has 0 spiro atoms. The van der Waals surface area contributed by atoms with Gasteiger partial charge in [0, 0.05) is 0 Å².